The van der Waals surface area contributed by atoms with Gasteiger partial charge in [-0.05, 0) is 13.3 Å². The molecule has 2 nitrogen and oxygen atoms in total. The highest BCUT2D eigenvalue weighted by Gasteiger charge is 2.23. The van der Waals surface area contributed by atoms with Gasteiger partial charge in [0.05, 0.1) is 5.88 Å². The van der Waals surface area contributed by atoms with Gasteiger partial charge in [-0.25, -0.2) is 0 Å². The van der Waals surface area contributed by atoms with E-state index < -0.39 is 5.06 Å². The van der Waals surface area contributed by atoms with Crippen LogP contribution in [-0.2, 0) is 9.53 Å². The van der Waals surface area contributed by atoms with Crippen LogP contribution in [0.4, 0.5) is 0 Å². The van der Waals surface area contributed by atoms with Gasteiger partial charge in [-0.2, -0.15) is 0 Å². The molecule has 0 spiro atoms. The van der Waals surface area contributed by atoms with Gasteiger partial charge in [-0.1, -0.05) is 18.5 Å². The molecule has 0 radical (unpaired) electrons. The highest BCUT2D eigenvalue weighted by molar-refractivity contribution is 6.30. The molecule has 66 valence electrons. The molecule has 4 heteroatoms. The lowest BCUT2D eigenvalue weighted by molar-refractivity contribution is -0.149. The second-order valence-electron chi connectivity index (χ2n) is 2.46. The first-order valence-electron chi connectivity index (χ1n) is 3.48. The smallest absolute Gasteiger partial charge is 0.307 e. The Bertz CT molecular complexity index is 134. The Kier molecular flexibility index (Phi) is 4.86. The van der Waals surface area contributed by atoms with Gasteiger partial charge in [0.2, 0.25) is 0 Å². The zero-order chi connectivity index (χ0) is 8.91. The van der Waals surface area contributed by atoms with Gasteiger partial charge in [0.25, 0.3) is 0 Å². The monoisotopic (exact) mass is 198 g/mol. The quantitative estimate of drug-likeness (QED) is 0.513. The van der Waals surface area contributed by atoms with E-state index in [1.807, 2.05) is 6.92 Å². The average molecular weight is 199 g/mol. The number of hydrogen-bond donors (Lipinski definition) is 0. The molecule has 0 aliphatic rings. The molecular weight excluding hydrogens is 187 g/mol. The first-order valence-corrected chi connectivity index (χ1v) is 4.40. The molecule has 0 heterocycles. The fourth-order valence-corrected chi connectivity index (χ4v) is 0.660. The standard InChI is InChI=1S/C7H12Cl2O2/c1-3-4-6(10)11-7(2,9)5-8/h3-5H2,1-2H3. The normalized spacial score (nSPS) is 15.6. The van der Waals surface area contributed by atoms with E-state index in [0.717, 1.165) is 6.42 Å². The van der Waals surface area contributed by atoms with E-state index in [-0.39, 0.29) is 11.8 Å². The molecule has 0 bridgehead atoms. The molecule has 0 fully saturated rings. The fourth-order valence-electron chi connectivity index (χ4n) is 0.520. The number of alkyl halides is 2. The molecule has 1 atom stereocenters. The maximum atomic E-state index is 10.9. The minimum Gasteiger partial charge on any atom is -0.442 e. The lowest BCUT2D eigenvalue weighted by Gasteiger charge is -2.18. The number of ether oxygens (including phenoxy) is 1. The van der Waals surface area contributed by atoms with Crippen LogP contribution in [0.3, 0.4) is 0 Å². The molecule has 0 aliphatic heterocycles. The van der Waals surface area contributed by atoms with Gasteiger partial charge >= 0.3 is 5.97 Å². The molecule has 0 rings (SSSR count). The molecule has 0 N–H and O–H groups in total. The summed E-state index contributed by atoms with van der Waals surface area (Å²) in [6, 6.07) is 0. The van der Waals surface area contributed by atoms with Crippen molar-refractivity contribution in [2.45, 2.75) is 31.7 Å². The summed E-state index contributed by atoms with van der Waals surface area (Å²) in [4.78, 5) is 10.9. The Labute approximate surface area is 76.8 Å². The van der Waals surface area contributed by atoms with Crippen LogP contribution in [-0.4, -0.2) is 16.9 Å². The lowest BCUT2D eigenvalue weighted by atomic mass is 10.3. The summed E-state index contributed by atoms with van der Waals surface area (Å²) in [5, 5.41) is -1.05. The highest BCUT2D eigenvalue weighted by atomic mass is 35.5. The summed E-state index contributed by atoms with van der Waals surface area (Å²) in [5.74, 6) is -0.199. The molecule has 11 heavy (non-hydrogen) atoms. The van der Waals surface area contributed by atoms with Crippen molar-refractivity contribution in [1.29, 1.82) is 0 Å². The van der Waals surface area contributed by atoms with Crippen molar-refractivity contribution in [3.8, 4) is 0 Å². The summed E-state index contributed by atoms with van der Waals surface area (Å²) >= 11 is 11.1. The minimum absolute atomic E-state index is 0.101. The predicted molar refractivity (Wildman–Crippen MR) is 46.0 cm³/mol. The summed E-state index contributed by atoms with van der Waals surface area (Å²) in [7, 11) is 0. The van der Waals surface area contributed by atoms with E-state index in [1.165, 1.54) is 0 Å². The van der Waals surface area contributed by atoms with Crippen LogP contribution < -0.4 is 0 Å². The van der Waals surface area contributed by atoms with Crippen molar-refractivity contribution in [2.24, 2.45) is 0 Å². The van der Waals surface area contributed by atoms with Crippen LogP contribution in [0.25, 0.3) is 0 Å². The van der Waals surface area contributed by atoms with Crippen LogP contribution in [0, 0.1) is 0 Å². The number of hydrogen-bond acceptors (Lipinski definition) is 2. The van der Waals surface area contributed by atoms with E-state index >= 15 is 0 Å². The number of carbonyl (C=O) groups is 1. The van der Waals surface area contributed by atoms with Crippen LogP contribution >= 0.6 is 23.2 Å². The largest absolute Gasteiger partial charge is 0.442 e. The topological polar surface area (TPSA) is 26.3 Å². The van der Waals surface area contributed by atoms with Crippen molar-refractivity contribution in [1.82, 2.24) is 0 Å². The summed E-state index contributed by atoms with van der Waals surface area (Å²) in [5.41, 5.74) is 0. The van der Waals surface area contributed by atoms with Crippen LogP contribution in [0.1, 0.15) is 26.7 Å². The van der Waals surface area contributed by atoms with Crippen molar-refractivity contribution in [3.05, 3.63) is 0 Å². The van der Waals surface area contributed by atoms with Crippen molar-refractivity contribution in [3.63, 3.8) is 0 Å². The molecule has 0 aromatic heterocycles. The predicted octanol–water partition coefficient (Wildman–Crippen LogP) is 2.52. The first-order chi connectivity index (χ1) is 5.02. The van der Waals surface area contributed by atoms with Gasteiger partial charge in [0.1, 0.15) is 0 Å². The Morgan fingerprint density at radius 2 is 2.18 bits per heavy atom. The average Bonchev–Trinajstić information content (AvgIpc) is 1.87. The zero-order valence-electron chi connectivity index (χ0n) is 6.69. The van der Waals surface area contributed by atoms with Gasteiger partial charge in [0.15, 0.2) is 5.06 Å². The maximum absolute atomic E-state index is 10.9. The molecule has 0 aromatic rings. The Hall–Kier alpha value is 0.0500. The van der Waals surface area contributed by atoms with Gasteiger partial charge in [0, 0.05) is 6.42 Å². The van der Waals surface area contributed by atoms with E-state index in [1.54, 1.807) is 6.92 Å². The third kappa shape index (κ3) is 5.33. The number of rotatable bonds is 4. The number of esters is 1. The van der Waals surface area contributed by atoms with Gasteiger partial charge < -0.3 is 4.74 Å². The summed E-state index contributed by atoms with van der Waals surface area (Å²) < 4.78 is 4.82. The molecule has 0 saturated carbocycles. The van der Waals surface area contributed by atoms with Crippen LogP contribution in [0.2, 0.25) is 0 Å². The van der Waals surface area contributed by atoms with Crippen molar-refractivity contribution < 1.29 is 9.53 Å². The van der Waals surface area contributed by atoms with E-state index in [0.29, 0.717) is 6.42 Å². The van der Waals surface area contributed by atoms with Crippen LogP contribution in [0.5, 0.6) is 0 Å². The minimum atomic E-state index is -1.05. The summed E-state index contributed by atoms with van der Waals surface area (Å²) in [6.45, 7) is 3.46. The number of carbonyl (C=O) groups excluding carboxylic acids is 1. The van der Waals surface area contributed by atoms with Crippen molar-refractivity contribution >= 4 is 29.2 Å². The molecule has 0 aliphatic carbocycles. The first kappa shape index (κ1) is 11.1. The molecule has 0 aromatic carbocycles. The second kappa shape index (κ2) is 4.83. The van der Waals surface area contributed by atoms with Crippen molar-refractivity contribution in [2.75, 3.05) is 5.88 Å². The molecular formula is C7H12Cl2O2. The van der Waals surface area contributed by atoms with E-state index in [2.05, 4.69) is 0 Å². The van der Waals surface area contributed by atoms with Crippen LogP contribution in [0.15, 0.2) is 0 Å². The Morgan fingerprint density at radius 1 is 1.64 bits per heavy atom. The second-order valence-corrected chi connectivity index (χ2v) is 3.53. The van der Waals surface area contributed by atoms with Gasteiger partial charge in [-0.3, -0.25) is 4.79 Å². The summed E-state index contributed by atoms with van der Waals surface area (Å²) in [6.07, 6.45) is 1.15. The Morgan fingerprint density at radius 3 is 2.55 bits per heavy atom. The lowest BCUT2D eigenvalue weighted by Crippen LogP contribution is -2.26. The molecule has 1 unspecified atom stereocenters. The van der Waals surface area contributed by atoms with E-state index in [4.69, 9.17) is 27.9 Å². The SMILES string of the molecule is CCCC(=O)OC(C)(Cl)CCl. The molecule has 0 saturated heterocycles. The van der Waals surface area contributed by atoms with Gasteiger partial charge in [-0.15, -0.1) is 11.6 Å². The number of halogens is 2. The Balaban J connectivity index is 3.74. The highest BCUT2D eigenvalue weighted by Crippen LogP contribution is 2.18. The molecule has 0 amide bonds. The maximum Gasteiger partial charge on any atom is 0.307 e. The third-order valence-corrected chi connectivity index (χ3v) is 1.88. The third-order valence-electron chi connectivity index (χ3n) is 1.02. The fraction of sp³-hybridized carbons (Fsp3) is 0.857. The van der Waals surface area contributed by atoms with E-state index in [9.17, 15) is 4.79 Å². The zero-order valence-corrected chi connectivity index (χ0v) is 8.21.